The Hall–Kier alpha value is -1.25. The van der Waals surface area contributed by atoms with Gasteiger partial charge < -0.3 is 10.5 Å². The molecule has 0 fully saturated rings. The lowest BCUT2D eigenvalue weighted by Gasteiger charge is -2.18. The predicted molar refractivity (Wildman–Crippen MR) is 77.3 cm³/mol. The summed E-state index contributed by atoms with van der Waals surface area (Å²) in [6.45, 7) is 2.75. The molecule has 2 aromatic rings. The van der Waals surface area contributed by atoms with Crippen molar-refractivity contribution in [3.63, 3.8) is 0 Å². The van der Waals surface area contributed by atoms with Gasteiger partial charge in [-0.3, -0.25) is 0 Å². The predicted octanol–water partition coefficient (Wildman–Crippen LogP) is 4.00. The van der Waals surface area contributed by atoms with Crippen LogP contribution in [-0.4, -0.2) is 12.6 Å². The van der Waals surface area contributed by atoms with Crippen molar-refractivity contribution in [1.82, 2.24) is 0 Å². The third-order valence-electron chi connectivity index (χ3n) is 3.07. The summed E-state index contributed by atoms with van der Waals surface area (Å²) in [4.78, 5) is 0. The number of hydrogen-bond donors (Lipinski definition) is 1. The van der Waals surface area contributed by atoms with Crippen molar-refractivity contribution in [2.24, 2.45) is 5.73 Å². The minimum atomic E-state index is 0.166. The summed E-state index contributed by atoms with van der Waals surface area (Å²) in [7, 11) is 0. The van der Waals surface area contributed by atoms with E-state index in [9.17, 15) is 0 Å². The molecule has 1 atom stereocenters. The van der Waals surface area contributed by atoms with Crippen LogP contribution in [0, 0.1) is 0 Å². The van der Waals surface area contributed by atoms with Crippen molar-refractivity contribution < 1.29 is 4.74 Å². The molecule has 1 unspecified atom stereocenters. The van der Waals surface area contributed by atoms with E-state index in [1.165, 1.54) is 0 Å². The van der Waals surface area contributed by atoms with Gasteiger partial charge in [0.1, 0.15) is 5.75 Å². The molecule has 0 aromatic heterocycles. The number of ether oxygens (including phenoxy) is 1. The summed E-state index contributed by atoms with van der Waals surface area (Å²) < 4.78 is 6.03. The van der Waals surface area contributed by atoms with E-state index in [-0.39, 0.29) is 6.10 Å². The monoisotopic (exact) mass is 263 g/mol. The van der Waals surface area contributed by atoms with Crippen LogP contribution in [0.3, 0.4) is 0 Å². The number of benzene rings is 2. The Morgan fingerprint density at radius 1 is 1.17 bits per heavy atom. The maximum Gasteiger partial charge on any atom is 0.127 e. The molecule has 0 amide bonds. The first-order valence-corrected chi connectivity index (χ1v) is 6.68. The average Bonchev–Trinajstić information content (AvgIpc) is 2.41. The second-order valence-electron chi connectivity index (χ2n) is 4.32. The fourth-order valence-corrected chi connectivity index (χ4v) is 2.28. The topological polar surface area (TPSA) is 35.2 Å². The first-order chi connectivity index (χ1) is 8.76. The Morgan fingerprint density at radius 3 is 2.56 bits per heavy atom. The first kappa shape index (κ1) is 13.2. The molecular formula is C15H18ClNO. The summed E-state index contributed by atoms with van der Waals surface area (Å²) in [5, 5.41) is 2.84. The van der Waals surface area contributed by atoms with Crippen LogP contribution in [0.5, 0.6) is 5.75 Å². The average molecular weight is 264 g/mol. The van der Waals surface area contributed by atoms with Gasteiger partial charge >= 0.3 is 0 Å². The molecule has 2 rings (SSSR count). The highest BCUT2D eigenvalue weighted by Crippen LogP contribution is 2.32. The second kappa shape index (κ2) is 6.07. The molecule has 18 heavy (non-hydrogen) atoms. The molecule has 2 aromatic carbocycles. The lowest BCUT2D eigenvalue weighted by molar-refractivity contribution is 0.192. The smallest absolute Gasteiger partial charge is 0.127 e. The van der Waals surface area contributed by atoms with Crippen molar-refractivity contribution >= 4 is 22.4 Å². The summed E-state index contributed by atoms with van der Waals surface area (Å²) in [6.07, 6.45) is 1.99. The van der Waals surface area contributed by atoms with Gasteiger partial charge in [0.25, 0.3) is 0 Å². The lowest BCUT2D eigenvalue weighted by Crippen LogP contribution is -2.19. The van der Waals surface area contributed by atoms with E-state index < -0.39 is 0 Å². The highest BCUT2D eigenvalue weighted by molar-refractivity contribution is 6.35. The van der Waals surface area contributed by atoms with Crippen LogP contribution in [0.2, 0.25) is 5.02 Å². The molecule has 0 heterocycles. The SMILES string of the molecule is CCC(CCN)Oc1ccc(Cl)c2ccccc12. The zero-order chi connectivity index (χ0) is 13.0. The van der Waals surface area contributed by atoms with Crippen LogP contribution in [0.25, 0.3) is 10.8 Å². The molecule has 0 bridgehead atoms. The van der Waals surface area contributed by atoms with Crippen LogP contribution in [0.1, 0.15) is 19.8 Å². The van der Waals surface area contributed by atoms with Crippen LogP contribution >= 0.6 is 11.6 Å². The standard InChI is InChI=1S/C15H18ClNO/c1-2-11(9-10-17)18-15-8-7-14(16)12-5-3-4-6-13(12)15/h3-8,11H,2,9-10,17H2,1H3. The van der Waals surface area contributed by atoms with Gasteiger partial charge in [0.05, 0.1) is 6.10 Å². The molecule has 0 saturated carbocycles. The molecule has 0 aliphatic carbocycles. The maximum absolute atomic E-state index is 6.19. The van der Waals surface area contributed by atoms with Gasteiger partial charge in [0.15, 0.2) is 0 Å². The van der Waals surface area contributed by atoms with Gasteiger partial charge in [-0.25, -0.2) is 0 Å². The fourth-order valence-electron chi connectivity index (χ4n) is 2.05. The van der Waals surface area contributed by atoms with E-state index in [0.29, 0.717) is 6.54 Å². The number of rotatable bonds is 5. The molecular weight excluding hydrogens is 246 g/mol. The number of fused-ring (bicyclic) bond motifs is 1. The van der Waals surface area contributed by atoms with E-state index >= 15 is 0 Å². The Kier molecular flexibility index (Phi) is 4.45. The van der Waals surface area contributed by atoms with E-state index in [1.54, 1.807) is 0 Å². The Labute approximate surface area is 113 Å². The first-order valence-electron chi connectivity index (χ1n) is 6.30. The van der Waals surface area contributed by atoms with Gasteiger partial charge in [-0.1, -0.05) is 42.8 Å². The highest BCUT2D eigenvalue weighted by Gasteiger charge is 2.10. The second-order valence-corrected chi connectivity index (χ2v) is 4.72. The largest absolute Gasteiger partial charge is 0.490 e. The zero-order valence-electron chi connectivity index (χ0n) is 10.5. The summed E-state index contributed by atoms with van der Waals surface area (Å²) in [5.74, 6) is 0.885. The quantitative estimate of drug-likeness (QED) is 0.885. The number of hydrogen-bond acceptors (Lipinski definition) is 2. The highest BCUT2D eigenvalue weighted by atomic mass is 35.5. The molecule has 2 nitrogen and oxygen atoms in total. The van der Waals surface area contributed by atoms with Crippen LogP contribution < -0.4 is 10.5 Å². The normalized spacial score (nSPS) is 12.6. The zero-order valence-corrected chi connectivity index (χ0v) is 11.3. The number of nitrogens with two attached hydrogens (primary N) is 1. The van der Waals surface area contributed by atoms with E-state index in [1.807, 2.05) is 36.4 Å². The van der Waals surface area contributed by atoms with Crippen molar-refractivity contribution in [3.8, 4) is 5.75 Å². The van der Waals surface area contributed by atoms with Gasteiger partial charge in [0.2, 0.25) is 0 Å². The molecule has 0 aliphatic rings. The van der Waals surface area contributed by atoms with E-state index in [0.717, 1.165) is 34.4 Å². The summed E-state index contributed by atoms with van der Waals surface area (Å²) in [6, 6.07) is 11.8. The molecule has 0 radical (unpaired) electrons. The minimum absolute atomic E-state index is 0.166. The van der Waals surface area contributed by atoms with Crippen LogP contribution in [-0.2, 0) is 0 Å². The van der Waals surface area contributed by atoms with Gasteiger partial charge in [-0.05, 0) is 31.5 Å². The minimum Gasteiger partial charge on any atom is -0.490 e. The Balaban J connectivity index is 2.36. The summed E-state index contributed by atoms with van der Waals surface area (Å²) >= 11 is 6.19. The third-order valence-corrected chi connectivity index (χ3v) is 3.40. The molecule has 0 saturated heterocycles. The van der Waals surface area contributed by atoms with Crippen molar-refractivity contribution in [2.75, 3.05) is 6.54 Å². The van der Waals surface area contributed by atoms with Crippen molar-refractivity contribution in [2.45, 2.75) is 25.9 Å². The molecule has 2 N–H and O–H groups in total. The summed E-state index contributed by atoms with van der Waals surface area (Å²) in [5.41, 5.74) is 5.59. The molecule has 0 spiro atoms. The van der Waals surface area contributed by atoms with E-state index in [4.69, 9.17) is 22.1 Å². The van der Waals surface area contributed by atoms with Crippen molar-refractivity contribution in [3.05, 3.63) is 41.4 Å². The van der Waals surface area contributed by atoms with Gasteiger partial charge in [0, 0.05) is 15.8 Å². The lowest BCUT2D eigenvalue weighted by atomic mass is 10.1. The van der Waals surface area contributed by atoms with E-state index in [2.05, 4.69) is 6.92 Å². The van der Waals surface area contributed by atoms with Crippen LogP contribution in [0.15, 0.2) is 36.4 Å². The molecule has 0 aliphatic heterocycles. The maximum atomic E-state index is 6.19. The fraction of sp³-hybridized carbons (Fsp3) is 0.333. The van der Waals surface area contributed by atoms with Gasteiger partial charge in [-0.15, -0.1) is 0 Å². The Morgan fingerprint density at radius 2 is 1.89 bits per heavy atom. The van der Waals surface area contributed by atoms with Gasteiger partial charge in [-0.2, -0.15) is 0 Å². The van der Waals surface area contributed by atoms with Crippen molar-refractivity contribution in [1.29, 1.82) is 0 Å². The Bertz CT molecular complexity index is 527. The third kappa shape index (κ3) is 2.77. The number of halogens is 1. The molecule has 3 heteroatoms. The molecule has 96 valence electrons. The van der Waals surface area contributed by atoms with Crippen LogP contribution in [0.4, 0.5) is 0 Å².